The highest BCUT2D eigenvalue weighted by molar-refractivity contribution is 5.72. The summed E-state index contributed by atoms with van der Waals surface area (Å²) in [4.78, 5) is 11.4. The van der Waals surface area contributed by atoms with E-state index < -0.39 is 0 Å². The van der Waals surface area contributed by atoms with Crippen LogP contribution < -0.4 is 10.6 Å². The number of hydrogen-bond donors (Lipinski definition) is 2. The number of allylic oxidation sites excluding steroid dienone is 2. The van der Waals surface area contributed by atoms with E-state index in [-0.39, 0.29) is 12.1 Å². The highest BCUT2D eigenvalue weighted by atomic mass is 16.1. The van der Waals surface area contributed by atoms with Gasteiger partial charge in [-0.05, 0) is 32.6 Å². The molecule has 4 heteroatoms. The molecule has 0 aromatic carbocycles. The molecule has 0 aliphatic carbocycles. The van der Waals surface area contributed by atoms with Crippen molar-refractivity contribution in [2.24, 2.45) is 0 Å². The van der Waals surface area contributed by atoms with Crippen LogP contribution >= 0.6 is 0 Å². The van der Waals surface area contributed by atoms with Crippen LogP contribution in [0.25, 0.3) is 0 Å². The van der Waals surface area contributed by atoms with Crippen LogP contribution in [0.3, 0.4) is 0 Å². The number of nitrogens with zero attached hydrogens (tertiary/aromatic N) is 1. The summed E-state index contributed by atoms with van der Waals surface area (Å²) in [6.45, 7) is 9.08. The average Bonchev–Trinajstić information content (AvgIpc) is 2.97. The molecule has 1 amide bonds. The number of hydrogen-bond acceptors (Lipinski definition) is 2. The summed E-state index contributed by atoms with van der Waals surface area (Å²) in [7, 11) is 0. The van der Waals surface area contributed by atoms with E-state index in [1.54, 1.807) is 6.92 Å². The van der Waals surface area contributed by atoms with Crippen LogP contribution in [-0.2, 0) is 4.79 Å². The van der Waals surface area contributed by atoms with Gasteiger partial charge in [0.1, 0.15) is 6.20 Å². The van der Waals surface area contributed by atoms with Crippen molar-refractivity contribution < 1.29 is 9.28 Å². The van der Waals surface area contributed by atoms with Gasteiger partial charge in [0.25, 0.3) is 0 Å². The topological polar surface area (TPSA) is 41.1 Å². The van der Waals surface area contributed by atoms with Crippen LogP contribution in [0.15, 0.2) is 24.6 Å². The molecule has 0 spiro atoms. The molecule has 0 radical (unpaired) electrons. The van der Waals surface area contributed by atoms with Gasteiger partial charge in [-0.3, -0.25) is 9.28 Å². The van der Waals surface area contributed by atoms with Crippen molar-refractivity contribution in [3.05, 3.63) is 24.6 Å². The first-order chi connectivity index (χ1) is 11.6. The first-order valence-corrected chi connectivity index (χ1v) is 9.79. The maximum atomic E-state index is 11.4. The van der Waals surface area contributed by atoms with E-state index in [1.165, 1.54) is 38.5 Å². The quantitative estimate of drug-likeness (QED) is 0.315. The van der Waals surface area contributed by atoms with E-state index in [0.29, 0.717) is 6.17 Å². The zero-order valence-corrected chi connectivity index (χ0v) is 16.2. The first-order valence-electron chi connectivity index (χ1n) is 9.79. The highest BCUT2D eigenvalue weighted by Gasteiger charge is 2.41. The van der Waals surface area contributed by atoms with Crippen molar-refractivity contribution in [3.63, 3.8) is 0 Å². The fourth-order valence-corrected chi connectivity index (χ4v) is 3.69. The van der Waals surface area contributed by atoms with Crippen molar-refractivity contribution in [1.29, 1.82) is 0 Å². The lowest BCUT2D eigenvalue weighted by molar-refractivity contribution is -0.923. The molecule has 1 heterocycles. The smallest absolute Gasteiger partial charge is 0.221 e. The second-order valence-corrected chi connectivity index (χ2v) is 6.91. The summed E-state index contributed by atoms with van der Waals surface area (Å²) in [5, 5.41) is 6.59. The lowest BCUT2D eigenvalue weighted by Gasteiger charge is -2.41. The zero-order valence-electron chi connectivity index (χ0n) is 16.2. The average molecular weight is 337 g/mol. The van der Waals surface area contributed by atoms with E-state index in [9.17, 15) is 4.79 Å². The van der Waals surface area contributed by atoms with Gasteiger partial charge in [-0.1, -0.05) is 38.3 Å². The fourth-order valence-electron chi connectivity index (χ4n) is 3.69. The molecule has 0 fully saturated rings. The van der Waals surface area contributed by atoms with Crippen LogP contribution in [0.1, 0.15) is 79.1 Å². The summed E-state index contributed by atoms with van der Waals surface area (Å²) in [6, 6.07) is 0. The first kappa shape index (κ1) is 20.8. The number of amides is 1. The van der Waals surface area contributed by atoms with Crippen molar-refractivity contribution in [2.45, 2.75) is 91.4 Å². The number of quaternary nitrogens is 1. The van der Waals surface area contributed by atoms with E-state index in [1.807, 2.05) is 0 Å². The summed E-state index contributed by atoms with van der Waals surface area (Å²) < 4.78 is 0.807. The molecule has 138 valence electrons. The molecule has 0 saturated heterocycles. The predicted octanol–water partition coefficient (Wildman–Crippen LogP) is 4.40. The Kier molecular flexibility index (Phi) is 9.77. The molecule has 24 heavy (non-hydrogen) atoms. The minimum Gasteiger partial charge on any atom is -0.338 e. The van der Waals surface area contributed by atoms with Gasteiger partial charge in [0.05, 0.1) is 12.7 Å². The Labute approximate surface area is 149 Å². The van der Waals surface area contributed by atoms with Crippen LogP contribution in [0, 0.1) is 0 Å². The van der Waals surface area contributed by atoms with Crippen LogP contribution in [0.2, 0.25) is 0 Å². The number of nitrogens with one attached hydrogen (secondary N) is 2. The van der Waals surface area contributed by atoms with Crippen LogP contribution in [0.4, 0.5) is 0 Å². The highest BCUT2D eigenvalue weighted by Crippen LogP contribution is 2.26. The van der Waals surface area contributed by atoms with Gasteiger partial charge < -0.3 is 10.6 Å². The van der Waals surface area contributed by atoms with E-state index >= 15 is 0 Å². The predicted molar refractivity (Wildman–Crippen MR) is 102 cm³/mol. The van der Waals surface area contributed by atoms with Gasteiger partial charge in [0.2, 0.25) is 5.91 Å². The van der Waals surface area contributed by atoms with Gasteiger partial charge >= 0.3 is 0 Å². The third kappa shape index (κ3) is 6.31. The largest absolute Gasteiger partial charge is 0.338 e. The van der Waals surface area contributed by atoms with Crippen molar-refractivity contribution >= 4 is 5.91 Å². The molecule has 1 rings (SSSR count). The lowest BCUT2D eigenvalue weighted by atomic mass is 10.1. The third-order valence-electron chi connectivity index (χ3n) is 5.15. The lowest BCUT2D eigenvalue weighted by Crippen LogP contribution is -2.62. The van der Waals surface area contributed by atoms with Gasteiger partial charge in [-0.2, -0.15) is 0 Å². The standard InChI is InChI=1S/C20H37N3O/c1-5-7-8-9-10-11-12-13-14-15-20-21-16-17-23(20,6-2)18(3)22-19(4)24/h7-8,16-18,20-21H,5-6,9-15H2,1-4H3/p+1/b8-7+. The molecule has 2 N–H and O–H groups in total. The Hall–Kier alpha value is -1.29. The number of carbonyl (C=O) groups excluding carboxylic acids is 1. The SMILES string of the molecule is CC/C=C/CCCCCCCC1NC=C[N+]1(CC)C(C)NC(C)=O. The van der Waals surface area contributed by atoms with E-state index in [2.05, 4.69) is 56.0 Å². The fraction of sp³-hybridized carbons (Fsp3) is 0.750. The third-order valence-corrected chi connectivity index (χ3v) is 5.15. The Morgan fingerprint density at radius 3 is 2.58 bits per heavy atom. The summed E-state index contributed by atoms with van der Waals surface area (Å²) in [5.74, 6) is 0.0459. The minimum absolute atomic E-state index is 0.0459. The van der Waals surface area contributed by atoms with Gasteiger partial charge in [0, 0.05) is 20.3 Å². The molecular weight excluding hydrogens is 298 g/mol. The molecule has 1 aliphatic rings. The van der Waals surface area contributed by atoms with E-state index in [4.69, 9.17) is 0 Å². The number of unbranched alkanes of at least 4 members (excludes halogenated alkanes) is 5. The van der Waals surface area contributed by atoms with Gasteiger partial charge in [-0.25, -0.2) is 0 Å². The normalized spacial score (nSPS) is 24.2. The summed E-state index contributed by atoms with van der Waals surface area (Å²) in [5.41, 5.74) is 0. The summed E-state index contributed by atoms with van der Waals surface area (Å²) in [6.07, 6.45) is 19.4. The molecule has 1 aliphatic heterocycles. The second-order valence-electron chi connectivity index (χ2n) is 6.91. The Balaban J connectivity index is 2.30. The Morgan fingerprint density at radius 1 is 1.21 bits per heavy atom. The second kappa shape index (κ2) is 11.3. The molecule has 0 saturated carbocycles. The molecule has 0 aromatic rings. The van der Waals surface area contributed by atoms with Crippen LogP contribution in [-0.4, -0.2) is 29.3 Å². The Morgan fingerprint density at radius 2 is 1.92 bits per heavy atom. The van der Waals surface area contributed by atoms with E-state index in [0.717, 1.165) is 23.9 Å². The number of carbonyl (C=O) groups is 1. The molecule has 3 atom stereocenters. The van der Waals surface area contributed by atoms with Crippen molar-refractivity contribution in [2.75, 3.05) is 6.54 Å². The Bertz CT molecular complexity index is 419. The minimum atomic E-state index is 0.0459. The maximum Gasteiger partial charge on any atom is 0.221 e. The molecule has 0 aromatic heterocycles. The summed E-state index contributed by atoms with van der Waals surface area (Å²) >= 11 is 0. The zero-order chi connectivity index (χ0) is 17.8. The van der Waals surface area contributed by atoms with Gasteiger partial charge in [0.15, 0.2) is 12.3 Å². The maximum absolute atomic E-state index is 11.4. The molecular formula is C20H38N3O+. The molecule has 3 unspecified atom stereocenters. The number of rotatable bonds is 12. The molecule has 4 nitrogen and oxygen atoms in total. The van der Waals surface area contributed by atoms with Crippen LogP contribution in [0.5, 0.6) is 0 Å². The van der Waals surface area contributed by atoms with Gasteiger partial charge in [-0.15, -0.1) is 0 Å². The van der Waals surface area contributed by atoms with Crippen molar-refractivity contribution in [3.8, 4) is 0 Å². The monoisotopic (exact) mass is 336 g/mol. The van der Waals surface area contributed by atoms with Crippen molar-refractivity contribution in [1.82, 2.24) is 10.6 Å². The molecule has 0 bridgehead atoms.